The van der Waals surface area contributed by atoms with Crippen molar-refractivity contribution in [3.63, 3.8) is 0 Å². The first-order valence-corrected chi connectivity index (χ1v) is 17.7. The molecule has 52 heavy (non-hydrogen) atoms. The van der Waals surface area contributed by atoms with Crippen molar-refractivity contribution in [2.45, 2.75) is 65.0 Å². The van der Waals surface area contributed by atoms with Gasteiger partial charge in [0.2, 0.25) is 0 Å². The number of nitrogens with zero attached hydrogens (tertiary/aromatic N) is 3. The standard InChI is InChI=1S/C40H45ClN4O7/c1-26-30(6-3-7-33(26)34-8-4-9-37(27(34)2)50-15-5-12-45-13-10-32(47)11-14-45)25-52-39-18-38(51-24-29-16-28(19-42)20-43-21-29)31(17-35(39)41)22-44-36(23-46)40(48)49/h3-4,6-9,16-18,20-21,32,36,44,46-47H,5,10-15,22-25H2,1-2H3,(H,48,49). The zero-order valence-electron chi connectivity index (χ0n) is 29.5. The molecule has 11 nitrogen and oxygen atoms in total. The van der Waals surface area contributed by atoms with Crippen molar-refractivity contribution in [2.24, 2.45) is 0 Å². The molecule has 5 rings (SSSR count). The summed E-state index contributed by atoms with van der Waals surface area (Å²) >= 11 is 6.70. The Morgan fingerprint density at radius 2 is 1.71 bits per heavy atom. The number of carboxylic acid groups (broad SMARTS) is 1. The Bertz CT molecular complexity index is 1870. The Labute approximate surface area is 309 Å². The normalized spacial score (nSPS) is 14.1. The Morgan fingerprint density at radius 3 is 2.44 bits per heavy atom. The van der Waals surface area contributed by atoms with Crippen LogP contribution in [0.3, 0.4) is 0 Å². The average molecular weight is 729 g/mol. The topological polar surface area (TPSA) is 157 Å². The summed E-state index contributed by atoms with van der Waals surface area (Å²) < 4.78 is 18.6. The molecule has 12 heteroatoms. The van der Waals surface area contributed by atoms with Crippen LogP contribution in [0, 0.1) is 25.2 Å². The van der Waals surface area contributed by atoms with Gasteiger partial charge in [-0.1, -0.05) is 41.9 Å². The highest BCUT2D eigenvalue weighted by molar-refractivity contribution is 6.32. The number of carboxylic acids is 1. The predicted molar refractivity (Wildman–Crippen MR) is 198 cm³/mol. The first-order chi connectivity index (χ1) is 25.2. The van der Waals surface area contributed by atoms with E-state index in [0.29, 0.717) is 39.8 Å². The number of aliphatic hydroxyl groups excluding tert-OH is 2. The van der Waals surface area contributed by atoms with Crippen molar-refractivity contribution in [2.75, 3.05) is 32.8 Å². The van der Waals surface area contributed by atoms with Crippen molar-refractivity contribution in [1.29, 1.82) is 5.26 Å². The number of ether oxygens (including phenoxy) is 3. The first kappa shape index (κ1) is 38.5. The van der Waals surface area contributed by atoms with Crippen LogP contribution in [0.2, 0.25) is 5.02 Å². The Hall–Kier alpha value is -4.70. The molecular formula is C40H45ClN4O7. The lowest BCUT2D eigenvalue weighted by Gasteiger charge is -2.29. The van der Waals surface area contributed by atoms with Crippen LogP contribution in [0.15, 0.2) is 67.0 Å². The third kappa shape index (κ3) is 10.2. The van der Waals surface area contributed by atoms with Gasteiger partial charge in [-0.15, -0.1) is 0 Å². The van der Waals surface area contributed by atoms with Gasteiger partial charge in [-0.2, -0.15) is 5.26 Å². The third-order valence-electron chi connectivity index (χ3n) is 9.29. The van der Waals surface area contributed by atoms with Crippen LogP contribution in [0.25, 0.3) is 11.1 Å². The minimum atomic E-state index is -1.19. The average Bonchev–Trinajstić information content (AvgIpc) is 3.14. The summed E-state index contributed by atoms with van der Waals surface area (Å²) in [5.41, 5.74) is 6.84. The quantitative estimate of drug-likeness (QED) is 0.0973. The maximum atomic E-state index is 11.5. The van der Waals surface area contributed by atoms with E-state index in [1.54, 1.807) is 24.4 Å². The van der Waals surface area contributed by atoms with E-state index in [1.165, 1.54) is 6.20 Å². The van der Waals surface area contributed by atoms with Crippen molar-refractivity contribution >= 4 is 17.6 Å². The molecule has 0 saturated carbocycles. The lowest BCUT2D eigenvalue weighted by Crippen LogP contribution is -2.39. The number of likely N-dealkylation sites (tertiary alicyclic amines) is 1. The van der Waals surface area contributed by atoms with E-state index in [4.69, 9.17) is 25.8 Å². The van der Waals surface area contributed by atoms with Gasteiger partial charge in [-0.3, -0.25) is 15.1 Å². The van der Waals surface area contributed by atoms with E-state index < -0.39 is 18.6 Å². The fourth-order valence-corrected chi connectivity index (χ4v) is 6.41. The molecule has 1 unspecified atom stereocenters. The largest absolute Gasteiger partial charge is 0.493 e. The van der Waals surface area contributed by atoms with Gasteiger partial charge in [0.05, 0.1) is 29.9 Å². The number of aliphatic carboxylic acids is 1. The van der Waals surface area contributed by atoms with Crippen LogP contribution in [0.1, 0.15) is 52.6 Å². The van der Waals surface area contributed by atoms with E-state index in [0.717, 1.165) is 72.5 Å². The molecule has 4 aromatic rings. The molecule has 1 aliphatic heterocycles. The zero-order chi connectivity index (χ0) is 37.0. The number of benzene rings is 3. The number of piperidine rings is 1. The molecule has 1 atom stereocenters. The molecule has 2 heterocycles. The lowest BCUT2D eigenvalue weighted by atomic mass is 9.93. The fourth-order valence-electron chi connectivity index (χ4n) is 6.17. The Kier molecular flexibility index (Phi) is 13.8. The molecule has 1 aliphatic rings. The van der Waals surface area contributed by atoms with E-state index in [9.17, 15) is 25.4 Å². The number of aliphatic hydroxyl groups is 2. The van der Waals surface area contributed by atoms with Gasteiger partial charge in [-0.05, 0) is 79.1 Å². The number of pyridine rings is 1. The van der Waals surface area contributed by atoms with Gasteiger partial charge in [0.25, 0.3) is 0 Å². The Balaban J connectivity index is 1.29. The number of halogens is 1. The van der Waals surface area contributed by atoms with Crippen LogP contribution in [0.5, 0.6) is 17.2 Å². The molecule has 1 aromatic heterocycles. The van der Waals surface area contributed by atoms with Gasteiger partial charge < -0.3 is 34.4 Å². The molecule has 274 valence electrons. The highest BCUT2D eigenvalue weighted by Crippen LogP contribution is 2.36. The number of rotatable bonds is 17. The highest BCUT2D eigenvalue weighted by Gasteiger charge is 2.20. The number of carbonyl (C=O) groups is 1. The van der Waals surface area contributed by atoms with Gasteiger partial charge in [0.1, 0.15) is 42.6 Å². The van der Waals surface area contributed by atoms with Gasteiger partial charge >= 0.3 is 5.97 Å². The van der Waals surface area contributed by atoms with Crippen LogP contribution in [-0.4, -0.2) is 76.2 Å². The maximum absolute atomic E-state index is 11.5. The maximum Gasteiger partial charge on any atom is 0.323 e. The van der Waals surface area contributed by atoms with Gasteiger partial charge in [0, 0.05) is 55.8 Å². The second kappa shape index (κ2) is 18.7. The number of hydrogen-bond donors (Lipinski definition) is 4. The molecule has 0 bridgehead atoms. The molecule has 0 aliphatic carbocycles. The Morgan fingerprint density at radius 1 is 0.981 bits per heavy atom. The van der Waals surface area contributed by atoms with E-state index >= 15 is 0 Å². The fraction of sp³-hybridized carbons (Fsp3) is 0.375. The minimum absolute atomic E-state index is 0.0517. The van der Waals surface area contributed by atoms with E-state index in [1.807, 2.05) is 24.3 Å². The summed E-state index contributed by atoms with van der Waals surface area (Å²) in [5.74, 6) is 0.432. The molecule has 1 saturated heterocycles. The number of hydrogen-bond acceptors (Lipinski definition) is 10. The van der Waals surface area contributed by atoms with Crippen molar-refractivity contribution in [3.05, 3.63) is 105 Å². The van der Waals surface area contributed by atoms with Crippen LogP contribution < -0.4 is 19.5 Å². The molecule has 0 spiro atoms. The smallest absolute Gasteiger partial charge is 0.323 e. The van der Waals surface area contributed by atoms with Crippen LogP contribution >= 0.6 is 11.6 Å². The number of nitrogens with one attached hydrogen (secondary N) is 1. The van der Waals surface area contributed by atoms with Crippen LogP contribution in [0.4, 0.5) is 0 Å². The molecule has 4 N–H and O–H groups in total. The van der Waals surface area contributed by atoms with Crippen molar-refractivity contribution < 1.29 is 34.3 Å². The second-order valence-electron chi connectivity index (χ2n) is 12.9. The molecule has 3 aromatic carbocycles. The summed E-state index contributed by atoms with van der Waals surface area (Å²) in [6.07, 6.45) is 5.47. The molecular weight excluding hydrogens is 684 g/mol. The molecule has 0 radical (unpaired) electrons. The summed E-state index contributed by atoms with van der Waals surface area (Å²) in [7, 11) is 0. The minimum Gasteiger partial charge on any atom is -0.493 e. The van der Waals surface area contributed by atoms with Crippen molar-refractivity contribution in [1.82, 2.24) is 15.2 Å². The van der Waals surface area contributed by atoms with Crippen molar-refractivity contribution in [3.8, 4) is 34.4 Å². The molecule has 1 fully saturated rings. The number of nitriles is 1. The predicted octanol–water partition coefficient (Wildman–Crippen LogP) is 5.81. The van der Waals surface area contributed by atoms with Gasteiger partial charge in [-0.25, -0.2) is 0 Å². The summed E-state index contributed by atoms with van der Waals surface area (Å²) in [5, 5.41) is 41.0. The monoisotopic (exact) mass is 728 g/mol. The van der Waals surface area contributed by atoms with Crippen LogP contribution in [-0.2, 0) is 24.6 Å². The highest BCUT2D eigenvalue weighted by atomic mass is 35.5. The second-order valence-corrected chi connectivity index (χ2v) is 13.3. The van der Waals surface area contributed by atoms with E-state index in [-0.39, 0.29) is 25.9 Å². The van der Waals surface area contributed by atoms with Gasteiger partial charge in [0.15, 0.2) is 0 Å². The molecule has 0 amide bonds. The summed E-state index contributed by atoms with van der Waals surface area (Å²) in [4.78, 5) is 18.0. The number of aromatic nitrogens is 1. The van der Waals surface area contributed by atoms with E-state index in [2.05, 4.69) is 47.3 Å². The summed E-state index contributed by atoms with van der Waals surface area (Å²) in [6, 6.07) is 18.1. The zero-order valence-corrected chi connectivity index (χ0v) is 30.2. The lowest BCUT2D eigenvalue weighted by molar-refractivity contribution is -0.140. The third-order valence-corrected chi connectivity index (χ3v) is 9.59. The summed E-state index contributed by atoms with van der Waals surface area (Å²) in [6.45, 7) is 7.32. The SMILES string of the molecule is Cc1c(COc2cc(OCc3cncc(C#N)c3)c(CNC(CO)C(=O)O)cc2Cl)cccc1-c1cccc(OCCCN2CCC(O)CC2)c1C. The first-order valence-electron chi connectivity index (χ1n) is 17.4.